The molecule has 0 amide bonds. The number of rotatable bonds is 11. The summed E-state index contributed by atoms with van der Waals surface area (Å²) in [7, 11) is 0. The quantitative estimate of drug-likeness (QED) is 0.0549. The molecule has 0 bridgehead atoms. The lowest BCUT2D eigenvalue weighted by atomic mass is 9.33. The Balaban J connectivity index is 0.852. The van der Waals surface area contributed by atoms with Gasteiger partial charge in [0.25, 0.3) is 0 Å². The second kappa shape index (κ2) is 23.2. The molecule has 27 heteroatoms. The number of aliphatic carboxylic acids is 1. The summed E-state index contributed by atoms with van der Waals surface area (Å²) >= 11 is 0. The summed E-state index contributed by atoms with van der Waals surface area (Å²) in [6.45, 7) is 14.7. The first-order chi connectivity index (χ1) is 39.1. The zero-order valence-electron chi connectivity index (χ0n) is 48.6. The molecule has 0 radical (unpaired) electrons. The first-order valence-electron chi connectivity index (χ1n) is 29.6. The highest BCUT2D eigenvalue weighted by atomic mass is 16.8. The topological polar surface area (TPSA) is 430 Å². The second-order valence-electron chi connectivity index (χ2n) is 28.0. The third kappa shape index (κ3) is 10.5. The van der Waals surface area contributed by atoms with E-state index in [4.69, 9.17) is 47.4 Å². The van der Waals surface area contributed by atoms with Crippen molar-refractivity contribution in [2.24, 2.45) is 50.2 Å². The summed E-state index contributed by atoms with van der Waals surface area (Å²) in [4.78, 5) is 27.4. The normalized spacial score (nSPS) is 54.6. The van der Waals surface area contributed by atoms with Crippen molar-refractivity contribution in [3.8, 4) is 0 Å². The summed E-state index contributed by atoms with van der Waals surface area (Å²) in [5, 5.41) is 165. The summed E-state index contributed by atoms with van der Waals surface area (Å²) in [5.74, 6) is -3.15. The smallest absolute Gasteiger partial charge is 0.335 e. The second-order valence-corrected chi connectivity index (χ2v) is 28.0. The van der Waals surface area contributed by atoms with Crippen LogP contribution >= 0.6 is 0 Å². The number of carbonyl (C=O) groups excluding carboxylic acids is 1. The summed E-state index contributed by atoms with van der Waals surface area (Å²) < 4.78 is 58.4. The Hall–Kier alpha value is -2.24. The van der Waals surface area contributed by atoms with E-state index in [1.165, 1.54) is 6.92 Å². The van der Waals surface area contributed by atoms with Crippen LogP contribution in [0, 0.1) is 50.2 Å². The van der Waals surface area contributed by atoms with Gasteiger partial charge >= 0.3 is 11.9 Å². The van der Waals surface area contributed by atoms with Gasteiger partial charge in [-0.3, -0.25) is 4.79 Å². The maximum absolute atomic E-state index is 15.4. The fourth-order valence-electron chi connectivity index (χ4n) is 17.4. The lowest BCUT2D eigenvalue weighted by Gasteiger charge is -2.72. The summed E-state index contributed by atoms with van der Waals surface area (Å²) in [6.07, 6.45) is -35.1. The molecule has 10 rings (SSSR count). The largest absolute Gasteiger partial charge is 0.479 e. The zero-order chi connectivity index (χ0) is 61.5. The molecule has 32 atom stereocenters. The van der Waals surface area contributed by atoms with E-state index in [-0.39, 0.29) is 36.5 Å². The van der Waals surface area contributed by atoms with Crippen LogP contribution in [-0.4, -0.2) is 262 Å². The molecule has 84 heavy (non-hydrogen) atoms. The minimum Gasteiger partial charge on any atom is -0.479 e. The molecule has 10 aliphatic rings. The predicted octanol–water partition coefficient (Wildman–Crippen LogP) is -3.23. The Morgan fingerprint density at radius 1 is 0.536 bits per heavy atom. The number of carboxylic acid groups (broad SMARTS) is 1. The standard InChI is InChI=1S/C57H90O27/c1-21-40(79-47-39(71)41(27(61)20-76-47)80-46-36(68)31(63)25(59)18-75-46)35(67)38(70)48(78-21)82-43-32(64)26(60)19-77-50(43)84-51(74)57-14-13-52(2,3)15-23(57)22-9-10-29-54(6)16-24(58)44(83-49-37(69)33(65)34(66)42(81-49)45(72)73)53(4,5)28(54)11-12-55(29,7)56(22,8)17-30(57)62/h9,21,23-44,46-50,58-71H,10-20H2,1-8H3,(H,72,73)/t21-,23-,24-,25+,26-,27+,28-,29+,30+,31-,32+,33-,34-,35+,36+,37+,38+,39+,40-,41-,42-,43-,44-,46-,47-,48-,49-,50+,54-,55+,56+,57+/m0/s1. The molecular weight excluding hydrogens is 1120 g/mol. The fourth-order valence-corrected chi connectivity index (χ4v) is 17.4. The van der Waals surface area contributed by atoms with Crippen molar-refractivity contribution in [2.45, 2.75) is 260 Å². The first kappa shape index (κ1) is 64.7. The van der Waals surface area contributed by atoms with Crippen molar-refractivity contribution >= 4 is 11.9 Å². The predicted molar refractivity (Wildman–Crippen MR) is 279 cm³/mol. The number of aliphatic hydroxyl groups excluding tert-OH is 14. The lowest BCUT2D eigenvalue weighted by Crippen LogP contribution is -2.70. The summed E-state index contributed by atoms with van der Waals surface area (Å²) in [6, 6.07) is 0. The van der Waals surface area contributed by atoms with Crippen LogP contribution in [0.2, 0.25) is 0 Å². The Morgan fingerprint density at radius 3 is 1.77 bits per heavy atom. The zero-order valence-corrected chi connectivity index (χ0v) is 48.6. The molecule has 27 nitrogen and oxygen atoms in total. The van der Waals surface area contributed by atoms with Gasteiger partial charge in [-0.2, -0.15) is 0 Å². The minimum absolute atomic E-state index is 0.0817. The van der Waals surface area contributed by atoms with Crippen LogP contribution in [-0.2, 0) is 57.0 Å². The van der Waals surface area contributed by atoms with E-state index in [1.54, 1.807) is 0 Å². The van der Waals surface area contributed by atoms with Gasteiger partial charge in [0, 0.05) is 0 Å². The van der Waals surface area contributed by atoms with Gasteiger partial charge in [-0.05, 0) is 103 Å². The van der Waals surface area contributed by atoms with Gasteiger partial charge < -0.3 is 124 Å². The molecular formula is C57H90O27. The average molecular weight is 1210 g/mol. The van der Waals surface area contributed by atoms with Gasteiger partial charge in [-0.15, -0.1) is 0 Å². The van der Waals surface area contributed by atoms with Crippen LogP contribution in [0.3, 0.4) is 0 Å². The molecule has 0 aromatic carbocycles. The number of ether oxygens (including phenoxy) is 10. The minimum atomic E-state index is -1.98. The van der Waals surface area contributed by atoms with E-state index in [0.717, 1.165) is 5.57 Å². The van der Waals surface area contributed by atoms with Crippen LogP contribution in [0.4, 0.5) is 0 Å². The van der Waals surface area contributed by atoms with Gasteiger partial charge in [-0.1, -0.05) is 60.1 Å². The van der Waals surface area contributed by atoms with Crippen LogP contribution < -0.4 is 0 Å². The van der Waals surface area contributed by atoms with Crippen molar-refractivity contribution in [3.63, 3.8) is 0 Å². The molecule has 5 saturated heterocycles. The molecule has 0 aromatic heterocycles. The van der Waals surface area contributed by atoms with Gasteiger partial charge in [0.05, 0.1) is 44.2 Å². The Labute approximate surface area is 486 Å². The van der Waals surface area contributed by atoms with E-state index < -0.39 is 218 Å². The fraction of sp³-hybridized carbons (Fsp3) is 0.930. The van der Waals surface area contributed by atoms with Gasteiger partial charge in [-0.25, -0.2) is 4.79 Å². The number of hydrogen-bond acceptors (Lipinski definition) is 26. The van der Waals surface area contributed by atoms with E-state index in [0.29, 0.717) is 32.1 Å². The molecule has 4 saturated carbocycles. The number of allylic oxidation sites excluding steroid dienone is 2. The Kier molecular flexibility index (Phi) is 17.9. The number of aliphatic hydroxyl groups is 14. The molecule has 5 heterocycles. The first-order valence-corrected chi connectivity index (χ1v) is 29.6. The van der Waals surface area contributed by atoms with E-state index in [2.05, 4.69) is 40.7 Å². The number of carboxylic acids is 1. The Bertz CT molecular complexity index is 2410. The van der Waals surface area contributed by atoms with Crippen LogP contribution in [0.5, 0.6) is 0 Å². The molecule has 0 aromatic rings. The van der Waals surface area contributed by atoms with E-state index in [9.17, 15) is 81.4 Å². The van der Waals surface area contributed by atoms with Crippen LogP contribution in [0.1, 0.15) is 107 Å². The molecule has 15 N–H and O–H groups in total. The third-order valence-corrected chi connectivity index (χ3v) is 22.2. The monoisotopic (exact) mass is 1210 g/mol. The Morgan fingerprint density at radius 2 is 1.11 bits per heavy atom. The van der Waals surface area contributed by atoms with Gasteiger partial charge in [0.1, 0.15) is 90.9 Å². The number of hydrogen-bond donors (Lipinski definition) is 15. The highest BCUT2D eigenvalue weighted by Crippen LogP contribution is 2.76. The molecule has 5 aliphatic heterocycles. The number of fused-ring (bicyclic) bond motifs is 7. The third-order valence-electron chi connectivity index (χ3n) is 22.2. The number of carbonyl (C=O) groups is 2. The maximum Gasteiger partial charge on any atom is 0.335 e. The van der Waals surface area contributed by atoms with Gasteiger partial charge in [0.2, 0.25) is 6.29 Å². The molecule has 5 aliphatic carbocycles. The van der Waals surface area contributed by atoms with Crippen molar-refractivity contribution in [2.75, 3.05) is 19.8 Å². The maximum atomic E-state index is 15.4. The molecule has 9 fully saturated rings. The lowest BCUT2D eigenvalue weighted by molar-refractivity contribution is -0.375. The molecule has 0 spiro atoms. The average Bonchev–Trinajstić information content (AvgIpc) is 0.690. The number of esters is 1. The van der Waals surface area contributed by atoms with Crippen molar-refractivity contribution in [1.29, 1.82) is 0 Å². The van der Waals surface area contributed by atoms with Crippen LogP contribution in [0.15, 0.2) is 11.6 Å². The van der Waals surface area contributed by atoms with E-state index >= 15 is 4.79 Å². The molecule has 480 valence electrons. The highest BCUT2D eigenvalue weighted by Gasteiger charge is 2.73. The SMILES string of the molecule is C[C@@H]1O[C@@H](O[C@@H]2[C@@H](OC(=O)[C@]34CCC(C)(C)C[C@H]3C3=CC[C@@H]5[C@@]6(C)C[C@H](O)[C@H](O[C@@H]7O[C@H](C(=O)O)[C@@H](O)[C@H](O)[C@H]7O)C(C)(C)[C@@H]6CC[C@@]5(C)[C@]3(C)C[C@H]4O)OC[C@H](O)[C@H]2O)[C@H](O)[C@@H](O)[C@H]1O[C@@H]1OC[C@@H](O)[C@H](O[C@@H]2OC[C@@H](O)[C@H](O)[C@H]2O)[C@H]1O. The van der Waals surface area contributed by atoms with Crippen molar-refractivity contribution < 1.29 is 134 Å². The van der Waals surface area contributed by atoms with Gasteiger partial charge in [0.15, 0.2) is 37.4 Å². The van der Waals surface area contributed by atoms with Crippen LogP contribution in [0.25, 0.3) is 0 Å². The van der Waals surface area contributed by atoms with Crippen molar-refractivity contribution in [3.05, 3.63) is 11.6 Å². The van der Waals surface area contributed by atoms with Crippen molar-refractivity contribution in [1.82, 2.24) is 0 Å². The highest BCUT2D eigenvalue weighted by molar-refractivity contribution is 5.80. The molecule has 0 unspecified atom stereocenters. The summed E-state index contributed by atoms with van der Waals surface area (Å²) in [5.41, 5.74) is -3.45. The van der Waals surface area contributed by atoms with E-state index in [1.807, 2.05) is 13.8 Å².